The van der Waals surface area contributed by atoms with Gasteiger partial charge in [-0.2, -0.15) is 0 Å². The molecule has 18 heavy (non-hydrogen) atoms. The van der Waals surface area contributed by atoms with Gasteiger partial charge in [0.25, 0.3) is 0 Å². The smallest absolute Gasteiger partial charge is 0.182 e. The van der Waals surface area contributed by atoms with Gasteiger partial charge in [-0.1, -0.05) is 32.0 Å². The largest absolute Gasteiger partial charge is 0.315 e. The van der Waals surface area contributed by atoms with Gasteiger partial charge in [0.05, 0.1) is 10.1 Å². The first-order valence-electron chi connectivity index (χ1n) is 6.36. The minimum Gasteiger partial charge on any atom is -0.315 e. The van der Waals surface area contributed by atoms with Crippen LogP contribution in [0.2, 0.25) is 0 Å². The van der Waals surface area contributed by atoms with Crippen LogP contribution in [0, 0.1) is 5.41 Å². The van der Waals surface area contributed by atoms with Crippen LogP contribution in [0.25, 0.3) is 0 Å². The van der Waals surface area contributed by atoms with Gasteiger partial charge in [-0.05, 0) is 37.4 Å². The van der Waals surface area contributed by atoms with Crippen molar-refractivity contribution in [1.29, 1.82) is 0 Å². The Morgan fingerprint density at radius 2 is 1.83 bits per heavy atom. The van der Waals surface area contributed by atoms with Crippen molar-refractivity contribution >= 4 is 9.84 Å². The molecule has 1 saturated carbocycles. The Bertz CT molecular complexity index is 508. The highest BCUT2D eigenvalue weighted by atomic mass is 32.2. The Morgan fingerprint density at radius 3 is 2.39 bits per heavy atom. The van der Waals surface area contributed by atoms with Crippen LogP contribution in [0.4, 0.5) is 0 Å². The van der Waals surface area contributed by atoms with Gasteiger partial charge >= 0.3 is 0 Å². The van der Waals surface area contributed by atoms with Crippen LogP contribution in [0.5, 0.6) is 0 Å². The number of hydrogen-bond donors (Lipinski definition) is 1. The SMILES string of the molecule is CNC1C(S(=O)(=O)c2ccccc2)CCC1(C)C. The van der Waals surface area contributed by atoms with Gasteiger partial charge in [-0.25, -0.2) is 8.42 Å². The Labute approximate surface area is 110 Å². The molecule has 0 amide bonds. The monoisotopic (exact) mass is 267 g/mol. The molecule has 0 bridgehead atoms. The van der Waals surface area contributed by atoms with E-state index in [1.54, 1.807) is 24.3 Å². The minimum atomic E-state index is -3.23. The highest BCUT2D eigenvalue weighted by Crippen LogP contribution is 2.42. The third-order valence-electron chi connectivity index (χ3n) is 4.07. The van der Waals surface area contributed by atoms with E-state index in [9.17, 15) is 8.42 Å². The summed E-state index contributed by atoms with van der Waals surface area (Å²) in [4.78, 5) is 0.438. The minimum absolute atomic E-state index is 0.0164. The molecule has 0 radical (unpaired) electrons. The van der Waals surface area contributed by atoms with Crippen molar-refractivity contribution in [2.45, 2.75) is 42.9 Å². The Kier molecular flexibility index (Phi) is 3.52. The topological polar surface area (TPSA) is 46.2 Å². The molecular weight excluding hydrogens is 246 g/mol. The number of sulfone groups is 1. The van der Waals surface area contributed by atoms with Crippen molar-refractivity contribution in [2.24, 2.45) is 5.41 Å². The van der Waals surface area contributed by atoms with Crippen LogP contribution in [0.1, 0.15) is 26.7 Å². The molecule has 1 aromatic carbocycles. The summed E-state index contributed by atoms with van der Waals surface area (Å²) in [5.74, 6) is 0. The molecule has 2 rings (SSSR count). The molecule has 1 aromatic rings. The molecule has 0 spiro atoms. The van der Waals surface area contributed by atoms with Gasteiger partial charge in [0, 0.05) is 6.04 Å². The van der Waals surface area contributed by atoms with Crippen molar-refractivity contribution in [2.75, 3.05) is 7.05 Å². The summed E-state index contributed by atoms with van der Waals surface area (Å²) in [6.45, 7) is 4.27. The molecule has 0 aliphatic heterocycles. The Morgan fingerprint density at radius 1 is 1.22 bits per heavy atom. The molecule has 4 heteroatoms. The van der Waals surface area contributed by atoms with E-state index < -0.39 is 9.84 Å². The average Bonchev–Trinajstić information content (AvgIpc) is 2.66. The van der Waals surface area contributed by atoms with Crippen LogP contribution in [0.15, 0.2) is 35.2 Å². The zero-order valence-corrected chi connectivity index (χ0v) is 12.0. The lowest BCUT2D eigenvalue weighted by atomic mass is 9.87. The number of rotatable bonds is 3. The zero-order valence-electron chi connectivity index (χ0n) is 11.2. The summed E-state index contributed by atoms with van der Waals surface area (Å²) in [5.41, 5.74) is 0.0290. The van der Waals surface area contributed by atoms with Crippen LogP contribution in [0.3, 0.4) is 0 Å². The highest BCUT2D eigenvalue weighted by Gasteiger charge is 2.47. The molecule has 2 atom stereocenters. The second kappa shape index (κ2) is 4.67. The van der Waals surface area contributed by atoms with Crippen LogP contribution < -0.4 is 5.32 Å². The van der Waals surface area contributed by atoms with Crippen LogP contribution in [-0.4, -0.2) is 26.8 Å². The fourth-order valence-corrected chi connectivity index (χ4v) is 5.21. The third kappa shape index (κ3) is 2.19. The lowest BCUT2D eigenvalue weighted by Gasteiger charge is -2.30. The first kappa shape index (κ1) is 13.6. The van der Waals surface area contributed by atoms with Gasteiger partial charge in [-0.15, -0.1) is 0 Å². The van der Waals surface area contributed by atoms with E-state index in [2.05, 4.69) is 19.2 Å². The van der Waals surface area contributed by atoms with E-state index in [4.69, 9.17) is 0 Å². The average molecular weight is 267 g/mol. The van der Waals surface area contributed by atoms with Crippen molar-refractivity contribution in [3.63, 3.8) is 0 Å². The predicted molar refractivity (Wildman–Crippen MR) is 73.3 cm³/mol. The first-order chi connectivity index (χ1) is 8.39. The van der Waals surface area contributed by atoms with Crippen molar-refractivity contribution in [3.05, 3.63) is 30.3 Å². The molecule has 0 aromatic heterocycles. The molecule has 2 unspecified atom stereocenters. The first-order valence-corrected chi connectivity index (χ1v) is 7.90. The molecule has 3 nitrogen and oxygen atoms in total. The number of hydrogen-bond acceptors (Lipinski definition) is 3. The van der Waals surface area contributed by atoms with Gasteiger partial charge in [-0.3, -0.25) is 0 Å². The normalized spacial score (nSPS) is 27.3. The quantitative estimate of drug-likeness (QED) is 0.913. The van der Waals surface area contributed by atoms with E-state index in [1.807, 2.05) is 13.1 Å². The summed E-state index contributed by atoms with van der Waals surface area (Å²) in [7, 11) is -1.38. The van der Waals surface area contributed by atoms with Crippen LogP contribution in [-0.2, 0) is 9.84 Å². The highest BCUT2D eigenvalue weighted by molar-refractivity contribution is 7.92. The number of benzene rings is 1. The van der Waals surface area contributed by atoms with E-state index in [0.717, 1.165) is 12.8 Å². The second-order valence-corrected chi connectivity index (χ2v) is 7.86. The molecule has 1 aliphatic carbocycles. The van der Waals surface area contributed by atoms with Crippen molar-refractivity contribution in [1.82, 2.24) is 5.32 Å². The Hall–Kier alpha value is -0.870. The van der Waals surface area contributed by atoms with E-state index in [-0.39, 0.29) is 16.7 Å². The fourth-order valence-electron chi connectivity index (χ4n) is 3.04. The Balaban J connectivity index is 2.38. The molecule has 1 fully saturated rings. The lowest BCUT2D eigenvalue weighted by Crippen LogP contribution is -2.45. The van der Waals surface area contributed by atoms with Gasteiger partial charge < -0.3 is 5.32 Å². The maximum Gasteiger partial charge on any atom is 0.182 e. The number of nitrogens with one attached hydrogen (secondary N) is 1. The fraction of sp³-hybridized carbons (Fsp3) is 0.571. The molecule has 1 aliphatic rings. The van der Waals surface area contributed by atoms with Gasteiger partial charge in [0.15, 0.2) is 9.84 Å². The van der Waals surface area contributed by atoms with Gasteiger partial charge in [0.1, 0.15) is 0 Å². The molecule has 100 valence electrons. The van der Waals surface area contributed by atoms with Crippen LogP contribution >= 0.6 is 0 Å². The summed E-state index contributed by atoms with van der Waals surface area (Å²) < 4.78 is 25.3. The third-order valence-corrected chi connectivity index (χ3v) is 6.30. The van der Waals surface area contributed by atoms with Gasteiger partial charge in [0.2, 0.25) is 0 Å². The lowest BCUT2D eigenvalue weighted by molar-refractivity contribution is 0.297. The van der Waals surface area contributed by atoms with Crippen molar-refractivity contribution in [3.8, 4) is 0 Å². The summed E-state index contributed by atoms with van der Waals surface area (Å²) in [6, 6.07) is 8.79. The van der Waals surface area contributed by atoms with E-state index in [1.165, 1.54) is 0 Å². The second-order valence-electron chi connectivity index (χ2n) is 5.69. The molecule has 1 N–H and O–H groups in total. The molecular formula is C14H21NO2S. The van der Waals surface area contributed by atoms with E-state index >= 15 is 0 Å². The van der Waals surface area contributed by atoms with Crippen molar-refractivity contribution < 1.29 is 8.42 Å². The van der Waals surface area contributed by atoms with E-state index in [0.29, 0.717) is 4.90 Å². The summed E-state index contributed by atoms with van der Waals surface area (Å²) >= 11 is 0. The zero-order chi connectivity index (χ0) is 13.4. The summed E-state index contributed by atoms with van der Waals surface area (Å²) in [6.07, 6.45) is 1.67. The molecule has 0 heterocycles. The molecule has 0 saturated heterocycles. The maximum atomic E-state index is 12.7. The standard InChI is InChI=1S/C14H21NO2S/c1-14(2)10-9-12(13(14)15-3)18(16,17)11-7-5-4-6-8-11/h4-8,12-13,15H,9-10H2,1-3H3. The summed E-state index contributed by atoms with van der Waals surface area (Å²) in [5, 5.41) is 2.88. The predicted octanol–water partition coefficient (Wildman–Crippen LogP) is 2.24. The maximum absolute atomic E-state index is 12.7.